The average molecular weight is 247 g/mol. The molecule has 2 heteroatoms. The van der Waals surface area contributed by atoms with E-state index < -0.39 is 0 Å². The van der Waals surface area contributed by atoms with Crippen LogP contribution in [0, 0.1) is 5.41 Å². The van der Waals surface area contributed by atoms with Gasteiger partial charge in [0.25, 0.3) is 0 Å². The standard InChI is InChI=1S/C16H25NO/c1-3-16(2,13-18)12-17-10-9-15(11-17)14-7-5-4-6-8-14/h4-8,15,18H,3,9-13H2,1-2H3. The molecule has 1 aromatic carbocycles. The molecule has 0 amide bonds. The van der Waals surface area contributed by atoms with Crippen molar-refractivity contribution in [3.63, 3.8) is 0 Å². The van der Waals surface area contributed by atoms with Crippen molar-refractivity contribution in [3.8, 4) is 0 Å². The Bertz CT molecular complexity index is 359. The number of hydrogen-bond donors (Lipinski definition) is 1. The molecule has 1 heterocycles. The first kappa shape index (κ1) is 13.6. The van der Waals surface area contributed by atoms with Gasteiger partial charge >= 0.3 is 0 Å². The molecule has 1 saturated heterocycles. The fourth-order valence-electron chi connectivity index (χ4n) is 2.79. The Morgan fingerprint density at radius 1 is 1.33 bits per heavy atom. The van der Waals surface area contributed by atoms with Crippen LogP contribution in [0.3, 0.4) is 0 Å². The van der Waals surface area contributed by atoms with Crippen molar-refractivity contribution in [1.29, 1.82) is 0 Å². The number of nitrogens with zero attached hydrogens (tertiary/aromatic N) is 1. The van der Waals surface area contributed by atoms with Crippen LogP contribution >= 0.6 is 0 Å². The van der Waals surface area contributed by atoms with E-state index in [0.29, 0.717) is 5.92 Å². The summed E-state index contributed by atoms with van der Waals surface area (Å²) < 4.78 is 0. The highest BCUT2D eigenvalue weighted by Gasteiger charge is 2.30. The third-order valence-electron chi connectivity index (χ3n) is 4.38. The highest BCUT2D eigenvalue weighted by Crippen LogP contribution is 2.30. The van der Waals surface area contributed by atoms with Gasteiger partial charge in [0.05, 0.1) is 0 Å². The van der Waals surface area contributed by atoms with E-state index in [1.54, 1.807) is 0 Å². The minimum absolute atomic E-state index is 0.0611. The molecule has 0 aliphatic carbocycles. The molecular formula is C16H25NO. The Balaban J connectivity index is 1.93. The lowest BCUT2D eigenvalue weighted by molar-refractivity contribution is 0.0944. The van der Waals surface area contributed by atoms with E-state index in [0.717, 1.165) is 26.1 Å². The predicted molar refractivity (Wildman–Crippen MR) is 75.7 cm³/mol. The zero-order valence-corrected chi connectivity index (χ0v) is 11.6. The molecular weight excluding hydrogens is 222 g/mol. The molecule has 2 atom stereocenters. The number of aliphatic hydroxyl groups excluding tert-OH is 1. The molecule has 1 N–H and O–H groups in total. The topological polar surface area (TPSA) is 23.5 Å². The minimum atomic E-state index is 0.0611. The molecule has 1 fully saturated rings. The maximum atomic E-state index is 9.50. The van der Waals surface area contributed by atoms with Crippen LogP contribution in [0.15, 0.2) is 30.3 Å². The number of rotatable bonds is 5. The van der Waals surface area contributed by atoms with Gasteiger partial charge in [-0.1, -0.05) is 44.2 Å². The van der Waals surface area contributed by atoms with Crippen LogP contribution in [0.1, 0.15) is 38.2 Å². The van der Waals surface area contributed by atoms with Gasteiger partial charge in [0, 0.05) is 25.1 Å². The average Bonchev–Trinajstić information content (AvgIpc) is 2.88. The number of aliphatic hydroxyl groups is 1. The SMILES string of the molecule is CCC(C)(CO)CN1CCC(c2ccccc2)C1. The number of hydrogen-bond acceptors (Lipinski definition) is 2. The lowest BCUT2D eigenvalue weighted by Gasteiger charge is -2.31. The lowest BCUT2D eigenvalue weighted by Crippen LogP contribution is -2.36. The van der Waals surface area contributed by atoms with Gasteiger partial charge in [0.15, 0.2) is 0 Å². The van der Waals surface area contributed by atoms with Gasteiger partial charge in [-0.15, -0.1) is 0 Å². The summed E-state index contributed by atoms with van der Waals surface area (Å²) in [4.78, 5) is 2.51. The fourth-order valence-corrected chi connectivity index (χ4v) is 2.79. The van der Waals surface area contributed by atoms with Crippen LogP contribution in [-0.2, 0) is 0 Å². The second-order valence-corrected chi connectivity index (χ2v) is 5.95. The summed E-state index contributed by atoms with van der Waals surface area (Å²) >= 11 is 0. The molecule has 1 aliphatic rings. The summed E-state index contributed by atoms with van der Waals surface area (Å²) in [5.74, 6) is 0.672. The van der Waals surface area contributed by atoms with E-state index in [-0.39, 0.29) is 12.0 Å². The van der Waals surface area contributed by atoms with E-state index in [2.05, 4.69) is 49.1 Å². The zero-order chi connectivity index (χ0) is 13.0. The van der Waals surface area contributed by atoms with Crippen LogP contribution in [0.25, 0.3) is 0 Å². The van der Waals surface area contributed by atoms with Crippen LogP contribution in [0.5, 0.6) is 0 Å². The largest absolute Gasteiger partial charge is 0.396 e. The van der Waals surface area contributed by atoms with Gasteiger partial charge in [0.2, 0.25) is 0 Å². The maximum absolute atomic E-state index is 9.50. The molecule has 0 aromatic heterocycles. The summed E-state index contributed by atoms with van der Waals surface area (Å²) in [6, 6.07) is 10.8. The molecule has 1 aliphatic heterocycles. The third kappa shape index (κ3) is 3.12. The van der Waals surface area contributed by atoms with Gasteiger partial charge in [-0.05, 0) is 30.9 Å². The Kier molecular flexibility index (Phi) is 4.41. The second-order valence-electron chi connectivity index (χ2n) is 5.95. The van der Waals surface area contributed by atoms with Gasteiger partial charge in [-0.2, -0.15) is 0 Å². The first-order valence-electron chi connectivity index (χ1n) is 7.05. The Hall–Kier alpha value is -0.860. The van der Waals surface area contributed by atoms with Gasteiger partial charge in [-0.3, -0.25) is 0 Å². The first-order valence-corrected chi connectivity index (χ1v) is 7.05. The molecule has 0 saturated carbocycles. The summed E-state index contributed by atoms with van der Waals surface area (Å²) in [7, 11) is 0. The summed E-state index contributed by atoms with van der Waals surface area (Å²) in [6.45, 7) is 7.96. The van der Waals surface area contributed by atoms with Crippen LogP contribution in [0.4, 0.5) is 0 Å². The smallest absolute Gasteiger partial charge is 0.0496 e. The first-order chi connectivity index (χ1) is 8.67. The molecule has 0 spiro atoms. The molecule has 0 bridgehead atoms. The van der Waals surface area contributed by atoms with E-state index >= 15 is 0 Å². The van der Waals surface area contributed by atoms with Crippen molar-refractivity contribution in [2.45, 2.75) is 32.6 Å². The second kappa shape index (κ2) is 5.85. The van der Waals surface area contributed by atoms with Crippen molar-refractivity contribution in [2.75, 3.05) is 26.2 Å². The predicted octanol–water partition coefficient (Wildman–Crippen LogP) is 2.88. The Morgan fingerprint density at radius 2 is 2.06 bits per heavy atom. The van der Waals surface area contributed by atoms with Gasteiger partial charge in [-0.25, -0.2) is 0 Å². The van der Waals surface area contributed by atoms with E-state index in [4.69, 9.17) is 0 Å². The molecule has 2 unspecified atom stereocenters. The third-order valence-corrected chi connectivity index (χ3v) is 4.38. The van der Waals surface area contributed by atoms with Crippen LogP contribution < -0.4 is 0 Å². The fraction of sp³-hybridized carbons (Fsp3) is 0.625. The highest BCUT2D eigenvalue weighted by molar-refractivity contribution is 5.21. The maximum Gasteiger partial charge on any atom is 0.0496 e. The lowest BCUT2D eigenvalue weighted by atomic mass is 9.88. The number of likely N-dealkylation sites (tertiary alicyclic amines) is 1. The quantitative estimate of drug-likeness (QED) is 0.865. The molecule has 18 heavy (non-hydrogen) atoms. The number of benzene rings is 1. The van der Waals surface area contributed by atoms with Crippen molar-refractivity contribution in [2.24, 2.45) is 5.41 Å². The monoisotopic (exact) mass is 247 g/mol. The Morgan fingerprint density at radius 3 is 2.67 bits per heavy atom. The van der Waals surface area contributed by atoms with E-state index in [9.17, 15) is 5.11 Å². The van der Waals surface area contributed by atoms with Crippen molar-refractivity contribution < 1.29 is 5.11 Å². The van der Waals surface area contributed by atoms with Crippen LogP contribution in [-0.4, -0.2) is 36.2 Å². The molecule has 0 radical (unpaired) electrons. The molecule has 2 nitrogen and oxygen atoms in total. The molecule has 2 rings (SSSR count). The highest BCUT2D eigenvalue weighted by atomic mass is 16.3. The van der Waals surface area contributed by atoms with Gasteiger partial charge < -0.3 is 10.0 Å². The normalized spacial score (nSPS) is 24.1. The Labute approximate surface area is 111 Å². The van der Waals surface area contributed by atoms with E-state index in [1.807, 2.05) is 0 Å². The summed E-state index contributed by atoms with van der Waals surface area (Å²) in [5, 5.41) is 9.50. The molecule has 1 aromatic rings. The van der Waals surface area contributed by atoms with Crippen molar-refractivity contribution >= 4 is 0 Å². The minimum Gasteiger partial charge on any atom is -0.396 e. The summed E-state index contributed by atoms with van der Waals surface area (Å²) in [6.07, 6.45) is 2.28. The van der Waals surface area contributed by atoms with Crippen LogP contribution in [0.2, 0.25) is 0 Å². The van der Waals surface area contributed by atoms with E-state index in [1.165, 1.54) is 12.0 Å². The van der Waals surface area contributed by atoms with Gasteiger partial charge in [0.1, 0.15) is 0 Å². The zero-order valence-electron chi connectivity index (χ0n) is 11.6. The van der Waals surface area contributed by atoms with Crippen molar-refractivity contribution in [3.05, 3.63) is 35.9 Å². The van der Waals surface area contributed by atoms with Crippen molar-refractivity contribution in [1.82, 2.24) is 4.90 Å². The molecule has 100 valence electrons. The summed E-state index contributed by atoms with van der Waals surface area (Å²) in [5.41, 5.74) is 1.52.